The minimum atomic E-state index is -0.408. The molecule has 0 radical (unpaired) electrons. The van der Waals surface area contributed by atoms with Crippen LogP contribution in [0.4, 0.5) is 0 Å². The molecule has 19 heavy (non-hydrogen) atoms. The highest BCUT2D eigenvalue weighted by atomic mass is 35.5. The minimum absolute atomic E-state index is 0.221. The normalized spacial score (nSPS) is 12.9. The minimum Gasteiger partial charge on any atom is -0.388 e. The van der Waals surface area contributed by atoms with Crippen molar-refractivity contribution in [2.24, 2.45) is 5.92 Å². The fraction of sp³-hybridized carbons (Fsp3) is 0.375. The molecule has 2 nitrogen and oxygen atoms in total. The SMILES string of the molecule is Cc1ccc(Cn2ccc(C(O)C(C)C)c2)c(Cl)c1. The van der Waals surface area contributed by atoms with Crippen molar-refractivity contribution in [2.75, 3.05) is 0 Å². The second kappa shape index (κ2) is 5.81. The third-order valence-electron chi connectivity index (χ3n) is 3.31. The van der Waals surface area contributed by atoms with E-state index in [1.54, 1.807) is 0 Å². The van der Waals surface area contributed by atoms with Gasteiger partial charge in [0, 0.05) is 24.0 Å². The number of aromatic nitrogens is 1. The molecule has 1 N–H and O–H groups in total. The number of aliphatic hydroxyl groups is 1. The largest absolute Gasteiger partial charge is 0.388 e. The Morgan fingerprint density at radius 2 is 2.00 bits per heavy atom. The summed E-state index contributed by atoms with van der Waals surface area (Å²) in [5, 5.41) is 10.8. The van der Waals surface area contributed by atoms with Crippen LogP contribution in [-0.4, -0.2) is 9.67 Å². The molecule has 1 aromatic carbocycles. The second-order valence-electron chi connectivity index (χ2n) is 5.40. The number of rotatable bonds is 4. The summed E-state index contributed by atoms with van der Waals surface area (Å²) in [6.45, 7) is 6.78. The molecule has 3 heteroatoms. The predicted molar refractivity (Wildman–Crippen MR) is 79.5 cm³/mol. The first kappa shape index (κ1) is 14.2. The maximum Gasteiger partial charge on any atom is 0.0827 e. The number of halogens is 1. The van der Waals surface area contributed by atoms with E-state index in [-0.39, 0.29) is 5.92 Å². The summed E-state index contributed by atoms with van der Waals surface area (Å²) in [4.78, 5) is 0. The number of hydrogen-bond donors (Lipinski definition) is 1. The van der Waals surface area contributed by atoms with Crippen LogP contribution in [-0.2, 0) is 6.54 Å². The van der Waals surface area contributed by atoms with E-state index >= 15 is 0 Å². The van der Waals surface area contributed by atoms with Gasteiger partial charge in [-0.2, -0.15) is 0 Å². The van der Waals surface area contributed by atoms with Crippen molar-refractivity contribution < 1.29 is 5.11 Å². The summed E-state index contributed by atoms with van der Waals surface area (Å²) < 4.78 is 2.05. The number of aryl methyl sites for hydroxylation is 1. The standard InChI is InChI=1S/C16H20ClNO/c1-11(2)16(19)14-6-7-18(10-14)9-13-5-4-12(3)8-15(13)17/h4-8,10-11,16,19H,9H2,1-3H3. The van der Waals surface area contributed by atoms with Gasteiger partial charge in [-0.25, -0.2) is 0 Å². The van der Waals surface area contributed by atoms with E-state index in [9.17, 15) is 5.11 Å². The van der Waals surface area contributed by atoms with Crippen molar-refractivity contribution in [1.29, 1.82) is 0 Å². The molecule has 0 spiro atoms. The summed E-state index contributed by atoms with van der Waals surface area (Å²) in [7, 11) is 0. The first-order valence-corrected chi connectivity index (χ1v) is 6.94. The van der Waals surface area contributed by atoms with Gasteiger partial charge >= 0.3 is 0 Å². The lowest BCUT2D eigenvalue weighted by atomic mass is 10.0. The topological polar surface area (TPSA) is 25.2 Å². The van der Waals surface area contributed by atoms with Gasteiger partial charge in [-0.15, -0.1) is 0 Å². The first-order valence-electron chi connectivity index (χ1n) is 6.56. The van der Waals surface area contributed by atoms with Crippen LogP contribution in [0.15, 0.2) is 36.7 Å². The molecule has 1 unspecified atom stereocenters. The Balaban J connectivity index is 2.16. The molecule has 0 bridgehead atoms. The molecule has 0 amide bonds. The van der Waals surface area contributed by atoms with Crippen LogP contribution in [0.1, 0.15) is 36.6 Å². The summed E-state index contributed by atoms with van der Waals surface area (Å²) in [6, 6.07) is 8.06. The van der Waals surface area contributed by atoms with Gasteiger partial charge < -0.3 is 9.67 Å². The Kier molecular flexibility index (Phi) is 4.33. The average Bonchev–Trinajstić information content (AvgIpc) is 2.80. The molecule has 0 saturated carbocycles. The zero-order chi connectivity index (χ0) is 14.0. The maximum atomic E-state index is 10.0. The highest BCUT2D eigenvalue weighted by molar-refractivity contribution is 6.31. The lowest BCUT2D eigenvalue weighted by molar-refractivity contribution is 0.127. The molecular weight excluding hydrogens is 258 g/mol. The average molecular weight is 278 g/mol. The van der Waals surface area contributed by atoms with Crippen LogP contribution in [0.2, 0.25) is 5.02 Å². The molecule has 0 aliphatic rings. The van der Waals surface area contributed by atoms with Gasteiger partial charge in [0.15, 0.2) is 0 Å². The third kappa shape index (κ3) is 3.40. The summed E-state index contributed by atoms with van der Waals surface area (Å²) in [6.07, 6.45) is 3.56. The highest BCUT2D eigenvalue weighted by Gasteiger charge is 2.13. The van der Waals surface area contributed by atoms with Crippen LogP contribution in [0.5, 0.6) is 0 Å². The summed E-state index contributed by atoms with van der Waals surface area (Å²) in [5.41, 5.74) is 3.21. The molecule has 1 heterocycles. The Labute approximate surface area is 119 Å². The van der Waals surface area contributed by atoms with Crippen molar-refractivity contribution in [3.8, 4) is 0 Å². The van der Waals surface area contributed by atoms with Crippen molar-refractivity contribution >= 4 is 11.6 Å². The van der Waals surface area contributed by atoms with Gasteiger partial charge in [-0.1, -0.05) is 37.6 Å². The highest BCUT2D eigenvalue weighted by Crippen LogP contribution is 2.23. The molecule has 2 rings (SSSR count). The predicted octanol–water partition coefficient (Wildman–Crippen LogP) is 4.19. The Morgan fingerprint density at radius 1 is 1.26 bits per heavy atom. The number of hydrogen-bond acceptors (Lipinski definition) is 1. The van der Waals surface area contributed by atoms with E-state index in [1.807, 2.05) is 45.3 Å². The number of nitrogens with zero attached hydrogens (tertiary/aromatic N) is 1. The van der Waals surface area contributed by atoms with Crippen molar-refractivity contribution in [3.05, 3.63) is 58.4 Å². The van der Waals surface area contributed by atoms with Crippen LogP contribution in [0.25, 0.3) is 0 Å². The molecule has 0 aliphatic heterocycles. The van der Waals surface area contributed by atoms with E-state index in [4.69, 9.17) is 11.6 Å². The van der Waals surface area contributed by atoms with Crippen molar-refractivity contribution in [1.82, 2.24) is 4.57 Å². The zero-order valence-corrected chi connectivity index (χ0v) is 12.4. The molecule has 0 aliphatic carbocycles. The maximum absolute atomic E-state index is 10.0. The van der Waals surface area contributed by atoms with Gasteiger partial charge in [0.05, 0.1) is 6.10 Å². The first-order chi connectivity index (χ1) is 8.97. The van der Waals surface area contributed by atoms with E-state index in [0.29, 0.717) is 0 Å². The Bertz CT molecular complexity index is 560. The molecule has 0 fully saturated rings. The van der Waals surface area contributed by atoms with Crippen LogP contribution in [0.3, 0.4) is 0 Å². The van der Waals surface area contributed by atoms with Crippen molar-refractivity contribution in [3.63, 3.8) is 0 Å². The van der Waals surface area contributed by atoms with Crippen LogP contribution in [0, 0.1) is 12.8 Å². The van der Waals surface area contributed by atoms with Crippen LogP contribution >= 0.6 is 11.6 Å². The van der Waals surface area contributed by atoms with E-state index in [1.165, 1.54) is 0 Å². The Morgan fingerprint density at radius 3 is 2.63 bits per heavy atom. The molecule has 102 valence electrons. The quantitative estimate of drug-likeness (QED) is 0.891. The molecular formula is C16H20ClNO. The van der Waals surface area contributed by atoms with Crippen LogP contribution < -0.4 is 0 Å². The smallest absolute Gasteiger partial charge is 0.0827 e. The van der Waals surface area contributed by atoms with Gasteiger partial charge in [-0.3, -0.25) is 0 Å². The third-order valence-corrected chi connectivity index (χ3v) is 3.66. The second-order valence-corrected chi connectivity index (χ2v) is 5.81. The fourth-order valence-electron chi connectivity index (χ4n) is 2.09. The lowest BCUT2D eigenvalue weighted by Crippen LogP contribution is -2.04. The summed E-state index contributed by atoms with van der Waals surface area (Å²) >= 11 is 6.24. The van der Waals surface area contributed by atoms with Gasteiger partial charge in [-0.05, 0) is 41.7 Å². The number of benzene rings is 1. The van der Waals surface area contributed by atoms with Gasteiger partial charge in [0.2, 0.25) is 0 Å². The monoisotopic (exact) mass is 277 g/mol. The van der Waals surface area contributed by atoms with E-state index < -0.39 is 6.10 Å². The lowest BCUT2D eigenvalue weighted by Gasteiger charge is -2.12. The molecule has 2 aromatic rings. The van der Waals surface area contributed by atoms with E-state index in [0.717, 1.165) is 28.3 Å². The fourth-order valence-corrected chi connectivity index (χ4v) is 2.39. The van der Waals surface area contributed by atoms with E-state index in [2.05, 4.69) is 16.7 Å². The van der Waals surface area contributed by atoms with Crippen molar-refractivity contribution in [2.45, 2.75) is 33.4 Å². The zero-order valence-electron chi connectivity index (χ0n) is 11.6. The van der Waals surface area contributed by atoms with Gasteiger partial charge in [0.1, 0.15) is 0 Å². The molecule has 1 atom stereocenters. The summed E-state index contributed by atoms with van der Waals surface area (Å²) in [5.74, 6) is 0.221. The molecule has 0 saturated heterocycles. The molecule has 1 aromatic heterocycles. The Hall–Kier alpha value is -1.25. The number of aliphatic hydroxyl groups excluding tert-OH is 1. The van der Waals surface area contributed by atoms with Gasteiger partial charge in [0.25, 0.3) is 0 Å².